The number of hydrogen-bond donors (Lipinski definition) is 1. The molecule has 20 heavy (non-hydrogen) atoms. The maximum Gasteiger partial charge on any atom is 0.260 e. The number of nitrogens with one attached hydrogen (secondary N) is 1. The van der Waals surface area contributed by atoms with Crippen LogP contribution in [0, 0.1) is 0 Å². The van der Waals surface area contributed by atoms with E-state index in [0.29, 0.717) is 6.42 Å². The Morgan fingerprint density at radius 1 is 1.15 bits per heavy atom. The molecule has 1 aromatic heterocycles. The minimum atomic E-state index is -3.61. The molecule has 1 N–H and O–H groups in total. The number of rotatable bonds is 5. The lowest BCUT2D eigenvalue weighted by Gasteiger charge is -2.32. The maximum atomic E-state index is 12.2. The summed E-state index contributed by atoms with van der Waals surface area (Å²) in [6, 6.07) is 1.38. The first-order valence-corrected chi connectivity index (χ1v) is 9.40. The van der Waals surface area contributed by atoms with Crippen LogP contribution < -0.4 is 0 Å². The summed E-state index contributed by atoms with van der Waals surface area (Å²) in [5.41, 5.74) is 0. The average Bonchev–Trinajstić information content (AvgIpc) is 2.93. The number of hydrogen-bond acceptors (Lipinski definition) is 5. The van der Waals surface area contributed by atoms with Gasteiger partial charge in [0.2, 0.25) is 10.0 Å². The Hall–Kier alpha value is -0.970. The molecule has 1 fully saturated rings. The first-order valence-electron chi connectivity index (χ1n) is 6.35. The van der Waals surface area contributed by atoms with E-state index in [4.69, 9.17) is 0 Å². The topological polar surface area (TPSA) is 103 Å². The standard InChI is InChI=1S/C10H18N4O4S2/c1-2-9-19(15,16)13-5-7-14(8-6-13)20(17,18)10-3-4-11-12-10/h3-4H,2,5-9H2,1H3,(H,11,12). The molecular weight excluding hydrogens is 304 g/mol. The van der Waals surface area contributed by atoms with Crippen LogP contribution in [0.5, 0.6) is 0 Å². The molecule has 1 aliphatic heterocycles. The molecule has 0 radical (unpaired) electrons. The number of aromatic amines is 1. The van der Waals surface area contributed by atoms with Gasteiger partial charge in [-0.25, -0.2) is 16.8 Å². The van der Waals surface area contributed by atoms with Crippen molar-refractivity contribution in [1.29, 1.82) is 0 Å². The maximum absolute atomic E-state index is 12.2. The van der Waals surface area contributed by atoms with E-state index >= 15 is 0 Å². The van der Waals surface area contributed by atoms with E-state index in [0.717, 1.165) is 0 Å². The Morgan fingerprint density at radius 2 is 1.75 bits per heavy atom. The zero-order chi connectivity index (χ0) is 14.8. The highest BCUT2D eigenvalue weighted by Gasteiger charge is 2.33. The Balaban J connectivity index is 2.05. The predicted molar refractivity (Wildman–Crippen MR) is 73.0 cm³/mol. The molecule has 0 aromatic carbocycles. The summed E-state index contributed by atoms with van der Waals surface area (Å²) < 4.78 is 50.9. The summed E-state index contributed by atoms with van der Waals surface area (Å²) in [5.74, 6) is 0.0975. The Bertz CT molecular complexity index is 631. The molecule has 2 heterocycles. The summed E-state index contributed by atoms with van der Waals surface area (Å²) in [6.07, 6.45) is 1.92. The third-order valence-corrected chi connectivity index (χ3v) is 7.05. The summed E-state index contributed by atoms with van der Waals surface area (Å²) >= 11 is 0. The molecule has 0 unspecified atom stereocenters. The van der Waals surface area contributed by atoms with Crippen molar-refractivity contribution in [3.8, 4) is 0 Å². The van der Waals surface area contributed by atoms with Gasteiger partial charge in [-0.2, -0.15) is 13.7 Å². The van der Waals surface area contributed by atoms with Crippen LogP contribution in [0.25, 0.3) is 0 Å². The highest BCUT2D eigenvalue weighted by atomic mass is 32.2. The van der Waals surface area contributed by atoms with Gasteiger partial charge in [-0.15, -0.1) is 0 Å². The minimum absolute atomic E-state index is 0.0300. The molecule has 0 saturated carbocycles. The van der Waals surface area contributed by atoms with Crippen LogP contribution >= 0.6 is 0 Å². The quantitative estimate of drug-likeness (QED) is 0.784. The molecule has 2 rings (SSSR count). The lowest BCUT2D eigenvalue weighted by molar-refractivity contribution is 0.272. The predicted octanol–water partition coefficient (Wildman–Crippen LogP) is -0.544. The van der Waals surface area contributed by atoms with Crippen LogP contribution in [0.15, 0.2) is 17.3 Å². The number of nitrogens with zero attached hydrogens (tertiary/aromatic N) is 3. The SMILES string of the molecule is CCCS(=O)(=O)N1CCN(S(=O)(=O)c2ccn[nH]2)CC1. The van der Waals surface area contributed by atoms with E-state index in [2.05, 4.69) is 10.2 Å². The zero-order valence-electron chi connectivity index (χ0n) is 11.2. The van der Waals surface area contributed by atoms with Gasteiger partial charge in [-0.3, -0.25) is 5.10 Å². The third-order valence-electron chi connectivity index (χ3n) is 3.15. The van der Waals surface area contributed by atoms with Crippen LogP contribution in [-0.2, 0) is 20.0 Å². The minimum Gasteiger partial charge on any atom is -0.266 e. The largest absolute Gasteiger partial charge is 0.266 e. The fourth-order valence-corrected chi connectivity index (χ4v) is 4.92. The van der Waals surface area contributed by atoms with Crippen LogP contribution in [0.3, 0.4) is 0 Å². The monoisotopic (exact) mass is 322 g/mol. The van der Waals surface area contributed by atoms with Crippen molar-refractivity contribution in [2.24, 2.45) is 0 Å². The molecule has 1 aliphatic rings. The second-order valence-corrected chi connectivity index (χ2v) is 8.53. The van der Waals surface area contributed by atoms with Gasteiger partial charge in [0.25, 0.3) is 10.0 Å². The molecule has 114 valence electrons. The fraction of sp³-hybridized carbons (Fsp3) is 0.700. The second-order valence-electron chi connectivity index (χ2n) is 4.54. The molecule has 1 saturated heterocycles. The second kappa shape index (κ2) is 5.80. The first-order chi connectivity index (χ1) is 9.38. The van der Waals surface area contributed by atoms with Crippen LogP contribution in [0.2, 0.25) is 0 Å². The summed E-state index contributed by atoms with van der Waals surface area (Å²) in [7, 11) is -6.87. The van der Waals surface area contributed by atoms with E-state index in [1.807, 2.05) is 0 Å². The normalized spacial score (nSPS) is 19.2. The fourth-order valence-electron chi connectivity index (χ4n) is 2.10. The van der Waals surface area contributed by atoms with E-state index in [-0.39, 0.29) is 37.0 Å². The Labute approximate surface area is 118 Å². The molecule has 0 aliphatic carbocycles. The first kappa shape index (κ1) is 15.4. The van der Waals surface area contributed by atoms with E-state index in [1.54, 1.807) is 6.92 Å². The van der Waals surface area contributed by atoms with Crippen LogP contribution in [0.1, 0.15) is 13.3 Å². The van der Waals surface area contributed by atoms with Gasteiger partial charge in [0.05, 0.1) is 11.9 Å². The van der Waals surface area contributed by atoms with Crippen LogP contribution in [0.4, 0.5) is 0 Å². The van der Waals surface area contributed by atoms with E-state index in [1.165, 1.54) is 20.9 Å². The van der Waals surface area contributed by atoms with Gasteiger partial charge in [0, 0.05) is 26.2 Å². The molecule has 1 aromatic rings. The van der Waals surface area contributed by atoms with Gasteiger partial charge >= 0.3 is 0 Å². The smallest absolute Gasteiger partial charge is 0.260 e. The molecule has 8 nitrogen and oxygen atoms in total. The summed E-state index contributed by atoms with van der Waals surface area (Å²) in [5, 5.41) is 6.08. The molecule has 0 spiro atoms. The van der Waals surface area contributed by atoms with Crippen molar-refractivity contribution in [2.45, 2.75) is 18.4 Å². The van der Waals surface area contributed by atoms with Crippen molar-refractivity contribution in [3.63, 3.8) is 0 Å². The zero-order valence-corrected chi connectivity index (χ0v) is 12.8. The number of sulfonamides is 2. The lowest BCUT2D eigenvalue weighted by atomic mass is 10.4. The molecule has 0 bridgehead atoms. The molecule has 0 amide bonds. The number of aromatic nitrogens is 2. The molecule has 0 atom stereocenters. The van der Waals surface area contributed by atoms with Crippen molar-refractivity contribution in [3.05, 3.63) is 12.3 Å². The van der Waals surface area contributed by atoms with Crippen molar-refractivity contribution in [2.75, 3.05) is 31.9 Å². The highest BCUT2D eigenvalue weighted by molar-refractivity contribution is 7.89. The van der Waals surface area contributed by atoms with Gasteiger partial charge in [-0.05, 0) is 12.5 Å². The van der Waals surface area contributed by atoms with E-state index in [9.17, 15) is 16.8 Å². The molecule has 10 heteroatoms. The van der Waals surface area contributed by atoms with Crippen LogP contribution in [-0.4, -0.2) is 67.6 Å². The van der Waals surface area contributed by atoms with Gasteiger partial charge in [0.15, 0.2) is 5.03 Å². The Morgan fingerprint density at radius 3 is 2.25 bits per heavy atom. The van der Waals surface area contributed by atoms with E-state index < -0.39 is 20.0 Å². The average molecular weight is 322 g/mol. The van der Waals surface area contributed by atoms with Gasteiger partial charge < -0.3 is 0 Å². The number of H-pyrrole nitrogens is 1. The van der Waals surface area contributed by atoms with Crippen molar-refractivity contribution < 1.29 is 16.8 Å². The summed E-state index contributed by atoms with van der Waals surface area (Å²) in [4.78, 5) is 0. The Kier molecular flexibility index (Phi) is 4.47. The van der Waals surface area contributed by atoms with Crippen molar-refractivity contribution in [1.82, 2.24) is 18.8 Å². The summed E-state index contributed by atoms with van der Waals surface area (Å²) in [6.45, 7) is 2.50. The van der Waals surface area contributed by atoms with Gasteiger partial charge in [-0.1, -0.05) is 6.92 Å². The van der Waals surface area contributed by atoms with Crippen molar-refractivity contribution >= 4 is 20.0 Å². The van der Waals surface area contributed by atoms with Gasteiger partial charge in [0.1, 0.15) is 0 Å². The molecular formula is C10H18N4O4S2. The highest BCUT2D eigenvalue weighted by Crippen LogP contribution is 2.16. The third kappa shape index (κ3) is 3.03. The number of piperazine rings is 1. The lowest BCUT2D eigenvalue weighted by Crippen LogP contribution is -2.50.